The second-order valence-corrected chi connectivity index (χ2v) is 12.6. The smallest absolute Gasteiger partial charge is 0.333 e. The van der Waals surface area contributed by atoms with E-state index in [-0.39, 0.29) is 62.2 Å². The zero-order valence-electron chi connectivity index (χ0n) is 27.7. The highest BCUT2D eigenvalue weighted by atomic mass is 16.7. The third-order valence-electron chi connectivity index (χ3n) is 8.72. The van der Waals surface area contributed by atoms with E-state index in [0.29, 0.717) is 24.8 Å². The molecule has 9 heteroatoms. The van der Waals surface area contributed by atoms with Crippen molar-refractivity contribution in [2.75, 3.05) is 26.4 Å². The number of hydrogen-bond donors (Lipinski definition) is 1. The second-order valence-electron chi connectivity index (χ2n) is 12.6. The van der Waals surface area contributed by atoms with Gasteiger partial charge in [-0.1, -0.05) is 57.1 Å². The first-order valence-corrected chi connectivity index (χ1v) is 17.4. The summed E-state index contributed by atoms with van der Waals surface area (Å²) in [5.74, 6) is -0.755. The number of carbonyl (C=O) groups excluding carboxylic acids is 2. The van der Waals surface area contributed by atoms with E-state index < -0.39 is 12.1 Å². The molecule has 9 nitrogen and oxygen atoms in total. The summed E-state index contributed by atoms with van der Waals surface area (Å²) < 4.78 is 34.8. The van der Waals surface area contributed by atoms with E-state index in [9.17, 15) is 14.7 Å². The molecule has 2 saturated heterocycles. The van der Waals surface area contributed by atoms with Crippen LogP contribution in [-0.2, 0) is 38.0 Å². The lowest BCUT2D eigenvalue weighted by Crippen LogP contribution is -2.31. The molecule has 3 fully saturated rings. The van der Waals surface area contributed by atoms with Crippen molar-refractivity contribution in [3.05, 3.63) is 36.5 Å². The Hall–Kier alpha value is -2.04. The van der Waals surface area contributed by atoms with Crippen molar-refractivity contribution in [2.24, 2.45) is 11.8 Å². The lowest BCUT2D eigenvalue weighted by Gasteiger charge is -2.30. The molecule has 3 aliphatic rings. The van der Waals surface area contributed by atoms with E-state index in [1.807, 2.05) is 0 Å². The number of esters is 2. The fraction of sp³-hybridized carbons (Fsp3) is 0.778. The van der Waals surface area contributed by atoms with E-state index >= 15 is 0 Å². The number of rotatable bonds is 20. The van der Waals surface area contributed by atoms with Gasteiger partial charge in [0, 0.05) is 37.5 Å². The summed E-state index contributed by atoms with van der Waals surface area (Å²) in [6.07, 6.45) is 21.1. The van der Waals surface area contributed by atoms with Gasteiger partial charge in [0.15, 0.2) is 12.6 Å². The molecule has 3 rings (SSSR count). The molecule has 2 unspecified atom stereocenters. The van der Waals surface area contributed by atoms with Crippen molar-refractivity contribution in [1.82, 2.24) is 0 Å². The Labute approximate surface area is 270 Å². The van der Waals surface area contributed by atoms with Gasteiger partial charge in [0.2, 0.25) is 0 Å². The highest BCUT2D eigenvalue weighted by Gasteiger charge is 2.42. The van der Waals surface area contributed by atoms with E-state index in [1.165, 1.54) is 6.42 Å². The highest BCUT2D eigenvalue weighted by molar-refractivity contribution is 5.86. The van der Waals surface area contributed by atoms with Crippen LogP contribution in [0.1, 0.15) is 110 Å². The first kappa shape index (κ1) is 37.4. The molecule has 0 aromatic carbocycles. The predicted octanol–water partition coefficient (Wildman–Crippen LogP) is 6.72. The Morgan fingerprint density at radius 1 is 0.978 bits per heavy atom. The maximum Gasteiger partial charge on any atom is 0.333 e. The lowest BCUT2D eigenvalue weighted by molar-refractivity contribution is -0.193. The molecule has 7 atom stereocenters. The van der Waals surface area contributed by atoms with Gasteiger partial charge in [-0.2, -0.15) is 0 Å². The van der Waals surface area contributed by atoms with Crippen molar-refractivity contribution in [3.8, 4) is 0 Å². The van der Waals surface area contributed by atoms with Gasteiger partial charge in [0.1, 0.15) is 13.2 Å². The average Bonchev–Trinajstić information content (AvgIpc) is 3.33. The maximum atomic E-state index is 12.0. The van der Waals surface area contributed by atoms with Crippen LogP contribution in [0.3, 0.4) is 0 Å². The van der Waals surface area contributed by atoms with Crippen LogP contribution in [0.5, 0.6) is 0 Å². The van der Waals surface area contributed by atoms with Gasteiger partial charge in [-0.3, -0.25) is 4.79 Å². The quantitative estimate of drug-likeness (QED) is 0.0675. The van der Waals surface area contributed by atoms with Crippen LogP contribution in [0.25, 0.3) is 0 Å². The third kappa shape index (κ3) is 14.5. The van der Waals surface area contributed by atoms with Crippen molar-refractivity contribution in [2.45, 2.75) is 141 Å². The Bertz CT molecular complexity index is 919. The summed E-state index contributed by atoms with van der Waals surface area (Å²) >= 11 is 0. The van der Waals surface area contributed by atoms with Gasteiger partial charge in [-0.15, -0.1) is 0 Å². The Kier molecular flexibility index (Phi) is 18.0. The van der Waals surface area contributed by atoms with Crippen molar-refractivity contribution in [3.63, 3.8) is 0 Å². The number of hydrogen-bond acceptors (Lipinski definition) is 9. The minimum absolute atomic E-state index is 0.0141. The fourth-order valence-corrected chi connectivity index (χ4v) is 6.13. The molecule has 0 bridgehead atoms. The number of aliphatic hydroxyl groups is 1. The Morgan fingerprint density at radius 3 is 2.40 bits per heavy atom. The number of unbranched alkanes of at least 4 members (excludes halogenated alkanes) is 3. The normalized spacial score (nSPS) is 28.0. The van der Waals surface area contributed by atoms with Crippen LogP contribution in [0.2, 0.25) is 0 Å². The van der Waals surface area contributed by atoms with Crippen LogP contribution < -0.4 is 0 Å². The number of aliphatic hydroxyl groups excluding tert-OH is 1. The third-order valence-corrected chi connectivity index (χ3v) is 8.72. The second kappa shape index (κ2) is 21.7. The van der Waals surface area contributed by atoms with E-state index in [1.54, 1.807) is 6.92 Å². The van der Waals surface area contributed by atoms with Crippen LogP contribution in [-0.4, -0.2) is 74.4 Å². The Balaban J connectivity index is 1.53. The largest absolute Gasteiger partial charge is 0.462 e. The minimum atomic E-state index is -0.490. The molecule has 2 heterocycles. The predicted molar refractivity (Wildman–Crippen MR) is 172 cm³/mol. The van der Waals surface area contributed by atoms with Crippen molar-refractivity contribution >= 4 is 11.9 Å². The zero-order valence-corrected chi connectivity index (χ0v) is 27.7. The molecule has 0 spiro atoms. The fourth-order valence-electron chi connectivity index (χ4n) is 6.13. The molecule has 0 aromatic heterocycles. The van der Waals surface area contributed by atoms with Gasteiger partial charge in [0.05, 0.1) is 18.3 Å². The molecule has 45 heavy (non-hydrogen) atoms. The van der Waals surface area contributed by atoms with Gasteiger partial charge < -0.3 is 33.5 Å². The van der Waals surface area contributed by atoms with Gasteiger partial charge in [0.25, 0.3) is 0 Å². The molecule has 1 N–H and O–H groups in total. The molecular formula is C36H58O9. The highest BCUT2D eigenvalue weighted by Crippen LogP contribution is 2.39. The minimum Gasteiger partial charge on any atom is -0.462 e. The SMILES string of the molecule is C=C(C)C(=O)OCCOC(=O)CCC/C=C\C[C@@H]1[C@@H](/C=C/[C@H](CCCCC)OC2CCCCO2)[C@H](OC2CCCCO2)C[C@@H]1O. The molecule has 0 radical (unpaired) electrons. The van der Waals surface area contributed by atoms with Crippen molar-refractivity contribution in [1.29, 1.82) is 0 Å². The summed E-state index contributed by atoms with van der Waals surface area (Å²) in [5.41, 5.74) is 0.312. The standard InChI is InChI=1S/C36H58O9/c1-4-5-8-15-28(44-34-18-11-13-22-41-34)20-21-30-29(31(37)26-32(30)45-35-19-12-14-23-42-35)16-9-6-7-10-17-33(38)40-24-25-43-36(39)27(2)3/h6,9,20-21,28-32,34-35,37H,2,4-5,7-8,10-19,22-26H2,1,3H3/b9-6-,21-20+/t28-,29+,30+,31-,32+,34?,35?/m0/s1. The van der Waals surface area contributed by atoms with Gasteiger partial charge in [-0.05, 0) is 77.0 Å². The van der Waals surface area contributed by atoms with Gasteiger partial charge >= 0.3 is 11.9 Å². The summed E-state index contributed by atoms with van der Waals surface area (Å²) in [5, 5.41) is 11.2. The van der Waals surface area contributed by atoms with E-state index in [2.05, 4.69) is 37.8 Å². The molecule has 2 aliphatic heterocycles. The first-order valence-electron chi connectivity index (χ1n) is 17.4. The van der Waals surface area contributed by atoms with E-state index in [4.69, 9.17) is 28.4 Å². The van der Waals surface area contributed by atoms with Crippen molar-refractivity contribution < 1.29 is 43.1 Å². The lowest BCUT2D eigenvalue weighted by atomic mass is 9.89. The van der Waals surface area contributed by atoms with Crippen LogP contribution in [0, 0.1) is 11.8 Å². The number of ether oxygens (including phenoxy) is 6. The monoisotopic (exact) mass is 634 g/mol. The summed E-state index contributed by atoms with van der Waals surface area (Å²) in [7, 11) is 0. The molecular weight excluding hydrogens is 576 g/mol. The number of allylic oxidation sites excluding steroid dienone is 2. The summed E-state index contributed by atoms with van der Waals surface area (Å²) in [6.45, 7) is 8.83. The summed E-state index contributed by atoms with van der Waals surface area (Å²) in [4.78, 5) is 23.4. The summed E-state index contributed by atoms with van der Waals surface area (Å²) in [6, 6.07) is 0. The maximum absolute atomic E-state index is 12.0. The zero-order chi connectivity index (χ0) is 32.3. The van der Waals surface area contributed by atoms with E-state index in [0.717, 1.165) is 77.4 Å². The molecule has 256 valence electrons. The van der Waals surface area contributed by atoms with Crippen LogP contribution in [0.4, 0.5) is 0 Å². The molecule has 1 aliphatic carbocycles. The average molecular weight is 635 g/mol. The van der Waals surface area contributed by atoms with Crippen LogP contribution in [0.15, 0.2) is 36.5 Å². The van der Waals surface area contributed by atoms with Gasteiger partial charge in [-0.25, -0.2) is 4.79 Å². The molecule has 0 amide bonds. The first-order chi connectivity index (χ1) is 21.9. The molecule has 0 aromatic rings. The molecule has 1 saturated carbocycles. The Morgan fingerprint density at radius 2 is 1.71 bits per heavy atom. The topological polar surface area (TPSA) is 110 Å². The van der Waals surface area contributed by atoms with Crippen LogP contribution >= 0.6 is 0 Å². The number of carbonyl (C=O) groups is 2.